The van der Waals surface area contributed by atoms with E-state index >= 15 is 0 Å². The Morgan fingerprint density at radius 2 is 2.12 bits per heavy atom. The van der Waals surface area contributed by atoms with Gasteiger partial charge >= 0.3 is 0 Å². The average molecular weight is 234 g/mol. The summed E-state index contributed by atoms with van der Waals surface area (Å²) in [5.41, 5.74) is 1.12. The monoisotopic (exact) mass is 234 g/mol. The molecule has 4 nitrogen and oxygen atoms in total. The van der Waals surface area contributed by atoms with Crippen LogP contribution in [-0.4, -0.2) is 35.6 Å². The minimum absolute atomic E-state index is 0.548. The fourth-order valence-electron chi connectivity index (χ4n) is 2.32. The van der Waals surface area contributed by atoms with E-state index in [1.165, 1.54) is 19.3 Å². The van der Waals surface area contributed by atoms with Gasteiger partial charge in [-0.2, -0.15) is 0 Å². The van der Waals surface area contributed by atoms with Crippen LogP contribution in [-0.2, 0) is 0 Å². The number of aromatic nitrogens is 2. The Morgan fingerprint density at radius 1 is 1.35 bits per heavy atom. The molecule has 1 aromatic rings. The minimum atomic E-state index is 0.548. The van der Waals surface area contributed by atoms with Crippen molar-refractivity contribution in [2.75, 3.05) is 24.5 Å². The lowest BCUT2D eigenvalue weighted by molar-refractivity contribution is 0.433. The van der Waals surface area contributed by atoms with Gasteiger partial charge in [-0.15, -0.1) is 0 Å². The van der Waals surface area contributed by atoms with Crippen LogP contribution in [0.3, 0.4) is 0 Å². The summed E-state index contributed by atoms with van der Waals surface area (Å²) < 4.78 is 0. The van der Waals surface area contributed by atoms with Crippen molar-refractivity contribution in [2.24, 2.45) is 0 Å². The molecule has 0 aliphatic carbocycles. The number of rotatable bonds is 4. The first-order valence-corrected chi connectivity index (χ1v) is 6.57. The summed E-state index contributed by atoms with van der Waals surface area (Å²) in [7, 11) is 0. The van der Waals surface area contributed by atoms with Crippen molar-refractivity contribution in [3.8, 4) is 0 Å². The normalized spacial score (nSPS) is 20.6. The van der Waals surface area contributed by atoms with E-state index in [0.717, 1.165) is 31.1 Å². The van der Waals surface area contributed by atoms with E-state index in [2.05, 4.69) is 27.1 Å². The summed E-state index contributed by atoms with van der Waals surface area (Å²) in [4.78, 5) is 11.2. The van der Waals surface area contributed by atoms with Gasteiger partial charge in [-0.3, -0.25) is 0 Å². The summed E-state index contributed by atoms with van der Waals surface area (Å²) in [5.74, 6) is 0.887. The maximum atomic E-state index is 4.45. The number of piperidine rings is 1. The van der Waals surface area contributed by atoms with Gasteiger partial charge in [0.15, 0.2) is 0 Å². The van der Waals surface area contributed by atoms with E-state index < -0.39 is 0 Å². The molecule has 0 aromatic carbocycles. The van der Waals surface area contributed by atoms with Gasteiger partial charge in [0.1, 0.15) is 0 Å². The van der Waals surface area contributed by atoms with Crippen LogP contribution in [0.5, 0.6) is 0 Å². The number of aryl methyl sites for hydroxylation is 1. The molecule has 1 atom stereocenters. The van der Waals surface area contributed by atoms with E-state index in [1.54, 1.807) is 0 Å². The molecule has 2 heterocycles. The van der Waals surface area contributed by atoms with Gasteiger partial charge in [0.05, 0.1) is 0 Å². The molecule has 0 radical (unpaired) electrons. The highest BCUT2D eigenvalue weighted by Gasteiger charge is 2.23. The lowest BCUT2D eigenvalue weighted by Crippen LogP contribution is -2.46. The Morgan fingerprint density at radius 3 is 2.82 bits per heavy atom. The predicted octanol–water partition coefficient (Wildman–Crippen LogP) is 1.75. The standard InChI is InChI=1S/C13H22N4/c1-3-14-10-12-6-4-5-7-17(12)13-15-8-11(2)9-16-13/h8-9,12,14H,3-7,10H2,1-2H3. The molecule has 1 aliphatic heterocycles. The molecule has 2 rings (SSSR count). The van der Waals surface area contributed by atoms with Crippen LogP contribution in [0.1, 0.15) is 31.7 Å². The van der Waals surface area contributed by atoms with E-state index in [-0.39, 0.29) is 0 Å². The van der Waals surface area contributed by atoms with Gasteiger partial charge < -0.3 is 10.2 Å². The van der Waals surface area contributed by atoms with Gasteiger partial charge in [-0.25, -0.2) is 9.97 Å². The van der Waals surface area contributed by atoms with Crippen LogP contribution in [0.4, 0.5) is 5.95 Å². The largest absolute Gasteiger partial charge is 0.337 e. The van der Waals surface area contributed by atoms with Gasteiger partial charge in [0.2, 0.25) is 5.95 Å². The summed E-state index contributed by atoms with van der Waals surface area (Å²) in [5, 5.41) is 3.43. The van der Waals surface area contributed by atoms with Crippen molar-refractivity contribution in [3.63, 3.8) is 0 Å². The zero-order chi connectivity index (χ0) is 12.1. The fraction of sp³-hybridized carbons (Fsp3) is 0.692. The average Bonchev–Trinajstić information content (AvgIpc) is 2.38. The minimum Gasteiger partial charge on any atom is -0.337 e. The van der Waals surface area contributed by atoms with E-state index in [0.29, 0.717) is 6.04 Å². The number of nitrogens with one attached hydrogen (secondary N) is 1. The second-order valence-electron chi connectivity index (χ2n) is 4.71. The molecule has 1 aliphatic rings. The number of nitrogens with zero attached hydrogens (tertiary/aromatic N) is 3. The summed E-state index contributed by atoms with van der Waals surface area (Å²) >= 11 is 0. The maximum absolute atomic E-state index is 4.45. The lowest BCUT2D eigenvalue weighted by atomic mass is 10.0. The molecular weight excluding hydrogens is 212 g/mol. The van der Waals surface area contributed by atoms with Gasteiger partial charge in [0.25, 0.3) is 0 Å². The van der Waals surface area contributed by atoms with Crippen LogP contribution in [0.25, 0.3) is 0 Å². The molecule has 1 aromatic heterocycles. The molecule has 0 spiro atoms. The van der Waals surface area contributed by atoms with Crippen LogP contribution in [0, 0.1) is 6.92 Å². The van der Waals surface area contributed by atoms with Crippen LogP contribution in [0.2, 0.25) is 0 Å². The molecular formula is C13H22N4. The Bertz CT molecular complexity index is 336. The lowest BCUT2D eigenvalue weighted by Gasteiger charge is -2.35. The van der Waals surface area contributed by atoms with Crippen molar-refractivity contribution in [2.45, 2.75) is 39.2 Å². The SMILES string of the molecule is CCNCC1CCCCN1c1ncc(C)cn1. The second-order valence-corrected chi connectivity index (χ2v) is 4.71. The Hall–Kier alpha value is -1.16. The first-order chi connectivity index (χ1) is 8.31. The van der Waals surface area contributed by atoms with E-state index in [9.17, 15) is 0 Å². The molecule has 1 fully saturated rings. The van der Waals surface area contributed by atoms with Crippen molar-refractivity contribution < 1.29 is 0 Å². The Balaban J connectivity index is 2.07. The Labute approximate surface area is 103 Å². The summed E-state index contributed by atoms with van der Waals surface area (Å²) in [6, 6.07) is 0.548. The molecule has 17 heavy (non-hydrogen) atoms. The molecule has 1 unspecified atom stereocenters. The molecule has 0 amide bonds. The maximum Gasteiger partial charge on any atom is 0.225 e. The third-order valence-corrected chi connectivity index (χ3v) is 3.28. The molecule has 4 heteroatoms. The van der Waals surface area contributed by atoms with Crippen LogP contribution in [0.15, 0.2) is 12.4 Å². The number of hydrogen-bond acceptors (Lipinski definition) is 4. The predicted molar refractivity (Wildman–Crippen MR) is 70.3 cm³/mol. The smallest absolute Gasteiger partial charge is 0.225 e. The molecule has 1 N–H and O–H groups in total. The first-order valence-electron chi connectivity index (χ1n) is 6.57. The molecule has 1 saturated heterocycles. The van der Waals surface area contributed by atoms with Crippen LogP contribution < -0.4 is 10.2 Å². The van der Waals surface area contributed by atoms with E-state index in [4.69, 9.17) is 0 Å². The van der Waals surface area contributed by atoms with Crippen LogP contribution >= 0.6 is 0 Å². The second kappa shape index (κ2) is 5.96. The van der Waals surface area contributed by atoms with Gasteiger partial charge in [0, 0.05) is 31.5 Å². The number of likely N-dealkylation sites (N-methyl/N-ethyl adjacent to an activating group) is 1. The van der Waals surface area contributed by atoms with Crippen molar-refractivity contribution >= 4 is 5.95 Å². The fourth-order valence-corrected chi connectivity index (χ4v) is 2.32. The summed E-state index contributed by atoms with van der Waals surface area (Å²) in [6.45, 7) is 7.32. The Kier molecular flexibility index (Phi) is 4.31. The molecule has 0 bridgehead atoms. The van der Waals surface area contributed by atoms with E-state index in [1.807, 2.05) is 19.3 Å². The van der Waals surface area contributed by atoms with Crippen molar-refractivity contribution in [1.29, 1.82) is 0 Å². The number of hydrogen-bond donors (Lipinski definition) is 1. The zero-order valence-electron chi connectivity index (χ0n) is 10.8. The molecule has 0 saturated carbocycles. The third kappa shape index (κ3) is 3.16. The highest BCUT2D eigenvalue weighted by Crippen LogP contribution is 2.20. The zero-order valence-corrected chi connectivity index (χ0v) is 10.8. The van der Waals surface area contributed by atoms with Gasteiger partial charge in [-0.1, -0.05) is 6.92 Å². The van der Waals surface area contributed by atoms with Crippen molar-refractivity contribution in [1.82, 2.24) is 15.3 Å². The third-order valence-electron chi connectivity index (χ3n) is 3.28. The first kappa shape index (κ1) is 12.3. The topological polar surface area (TPSA) is 41.0 Å². The van der Waals surface area contributed by atoms with Crippen molar-refractivity contribution in [3.05, 3.63) is 18.0 Å². The summed E-state index contributed by atoms with van der Waals surface area (Å²) in [6.07, 6.45) is 7.62. The highest BCUT2D eigenvalue weighted by molar-refractivity contribution is 5.32. The number of anilines is 1. The van der Waals surface area contributed by atoms with Gasteiger partial charge in [-0.05, 0) is 38.3 Å². The quantitative estimate of drug-likeness (QED) is 0.862. The molecule has 94 valence electrons. The highest BCUT2D eigenvalue weighted by atomic mass is 15.3.